The lowest BCUT2D eigenvalue weighted by molar-refractivity contribution is -0.141. The fourth-order valence-electron chi connectivity index (χ4n) is 0.748. The molecule has 82 valence electrons. The Bertz CT molecular complexity index is 199. The largest absolute Gasteiger partial charge is 0.465 e. The Morgan fingerprint density at radius 1 is 1.57 bits per heavy atom. The lowest BCUT2D eigenvalue weighted by atomic mass is 10.6. The van der Waals surface area contributed by atoms with E-state index in [0.29, 0.717) is 14.0 Å². The highest BCUT2D eigenvalue weighted by Gasteiger charge is 2.34. The highest BCUT2D eigenvalue weighted by Crippen LogP contribution is 2.40. The molecule has 0 bridgehead atoms. The summed E-state index contributed by atoms with van der Waals surface area (Å²) in [5.41, 5.74) is 0. The average molecular weight is 272 g/mol. The first-order valence-electron chi connectivity index (χ1n) is 4.04. The lowest BCUT2D eigenvalue weighted by Gasteiger charge is -2.18. The van der Waals surface area contributed by atoms with Crippen molar-refractivity contribution in [3.05, 3.63) is 0 Å². The summed E-state index contributed by atoms with van der Waals surface area (Å²) in [5, 5.41) is 3.13. The molecule has 0 fully saturated rings. The standard InChI is InChI=1S/C7H14NO2PS3/c1-4-10-6(9)5-8-7(11-12,13-2)14-3/h8H,4-5H2,1-3H3/p+1. The van der Waals surface area contributed by atoms with Crippen LogP contribution in [-0.4, -0.2) is 35.6 Å². The van der Waals surface area contributed by atoms with E-state index in [-0.39, 0.29) is 16.5 Å². The Balaban J connectivity index is 4.05. The lowest BCUT2D eigenvalue weighted by Crippen LogP contribution is -2.37. The van der Waals surface area contributed by atoms with Crippen LogP contribution in [-0.2, 0) is 21.3 Å². The summed E-state index contributed by atoms with van der Waals surface area (Å²) in [7, 11) is 0.311. The molecule has 0 aromatic heterocycles. The molecule has 0 aromatic carbocycles. The topological polar surface area (TPSA) is 38.3 Å². The number of thioether (sulfide) groups is 2. The number of hydrogen-bond acceptors (Lipinski definition) is 6. The van der Waals surface area contributed by atoms with E-state index < -0.39 is 0 Å². The van der Waals surface area contributed by atoms with Crippen molar-refractivity contribution in [1.29, 1.82) is 0 Å². The normalized spacial score (nSPS) is 11.6. The molecule has 0 heterocycles. The van der Waals surface area contributed by atoms with Crippen LogP contribution in [0.4, 0.5) is 0 Å². The summed E-state index contributed by atoms with van der Waals surface area (Å²) in [6, 6.07) is 0. The van der Waals surface area contributed by atoms with E-state index in [1.54, 1.807) is 30.4 Å². The highest BCUT2D eigenvalue weighted by atomic mass is 32.4. The Hall–Kier alpha value is 0.650. The first-order valence-corrected chi connectivity index (χ1v) is 8.62. The van der Waals surface area contributed by atoms with E-state index in [4.69, 9.17) is 16.5 Å². The van der Waals surface area contributed by atoms with Crippen LogP contribution in [0, 0.1) is 0 Å². The Labute approximate surface area is 100.0 Å². The molecule has 7 heteroatoms. The summed E-state index contributed by atoms with van der Waals surface area (Å²) in [6.07, 6.45) is 3.96. The highest BCUT2D eigenvalue weighted by molar-refractivity contribution is 8.27. The van der Waals surface area contributed by atoms with Crippen molar-refractivity contribution in [2.45, 2.75) is 10.9 Å². The van der Waals surface area contributed by atoms with Gasteiger partial charge >= 0.3 is 5.97 Å². The molecule has 0 aliphatic rings. The Morgan fingerprint density at radius 2 is 2.14 bits per heavy atom. The van der Waals surface area contributed by atoms with Gasteiger partial charge in [-0.2, -0.15) is 0 Å². The second kappa shape index (κ2) is 7.88. The molecule has 14 heavy (non-hydrogen) atoms. The number of nitrogens with one attached hydrogen (secondary N) is 1. The van der Waals surface area contributed by atoms with Crippen molar-refractivity contribution in [2.24, 2.45) is 0 Å². The first kappa shape index (κ1) is 14.6. The zero-order chi connectivity index (χ0) is 11.0. The van der Waals surface area contributed by atoms with Gasteiger partial charge in [-0.15, -0.1) is 0 Å². The quantitative estimate of drug-likeness (QED) is 0.431. The van der Waals surface area contributed by atoms with Gasteiger partial charge in [0.25, 0.3) is 3.94 Å². The molecule has 0 rings (SSSR count). The summed E-state index contributed by atoms with van der Waals surface area (Å²) >= 11 is 8.33. The fourth-order valence-corrected chi connectivity index (χ4v) is 4.39. The van der Waals surface area contributed by atoms with Gasteiger partial charge in [-0.05, 0) is 19.4 Å². The van der Waals surface area contributed by atoms with Gasteiger partial charge in [-0.25, -0.2) is 5.32 Å². The number of hydrogen-bond donors (Lipinski definition) is 1. The van der Waals surface area contributed by atoms with Crippen molar-refractivity contribution >= 4 is 48.7 Å². The fraction of sp³-hybridized carbons (Fsp3) is 0.857. The molecule has 1 N–H and O–H groups in total. The SMILES string of the molecule is CCOC(=O)CNC([PH+]=S)(SC)SC. The van der Waals surface area contributed by atoms with Crippen molar-refractivity contribution in [2.75, 3.05) is 25.7 Å². The maximum absolute atomic E-state index is 11.1. The molecule has 0 aliphatic heterocycles. The maximum atomic E-state index is 11.1. The number of ether oxygens (including phenoxy) is 1. The number of carbonyl (C=O) groups is 1. The third kappa shape index (κ3) is 4.94. The van der Waals surface area contributed by atoms with Crippen molar-refractivity contribution < 1.29 is 9.53 Å². The van der Waals surface area contributed by atoms with E-state index in [1.807, 2.05) is 12.5 Å². The minimum absolute atomic E-state index is 0.220. The molecule has 1 atom stereocenters. The molecule has 0 aliphatic carbocycles. The van der Waals surface area contributed by atoms with Gasteiger partial charge in [0.15, 0.2) is 11.8 Å². The number of rotatable bonds is 7. The van der Waals surface area contributed by atoms with Gasteiger partial charge in [0.1, 0.15) is 0 Å². The molecule has 0 saturated heterocycles. The molecular weight excluding hydrogens is 257 g/mol. The van der Waals surface area contributed by atoms with Crippen LogP contribution in [0.3, 0.4) is 0 Å². The van der Waals surface area contributed by atoms with E-state index in [9.17, 15) is 4.79 Å². The maximum Gasteiger partial charge on any atom is 0.320 e. The first-order chi connectivity index (χ1) is 6.64. The minimum Gasteiger partial charge on any atom is -0.465 e. The van der Waals surface area contributed by atoms with Gasteiger partial charge in [-0.1, -0.05) is 23.5 Å². The molecule has 1 unspecified atom stereocenters. The number of esters is 1. The molecule has 3 nitrogen and oxygen atoms in total. The molecule has 0 radical (unpaired) electrons. The van der Waals surface area contributed by atoms with Gasteiger partial charge in [0.2, 0.25) is 7.36 Å². The van der Waals surface area contributed by atoms with Gasteiger partial charge in [-0.3, -0.25) is 4.79 Å². The second-order valence-electron chi connectivity index (χ2n) is 2.29. The van der Waals surface area contributed by atoms with Crippen LogP contribution in [0.15, 0.2) is 0 Å². The van der Waals surface area contributed by atoms with E-state index in [1.165, 1.54) is 0 Å². The van der Waals surface area contributed by atoms with Crippen LogP contribution in [0.1, 0.15) is 6.92 Å². The predicted molar refractivity (Wildman–Crippen MR) is 70.1 cm³/mol. The average Bonchev–Trinajstić information content (AvgIpc) is 2.21. The van der Waals surface area contributed by atoms with Crippen LogP contribution in [0.25, 0.3) is 0 Å². The summed E-state index contributed by atoms with van der Waals surface area (Å²) in [4.78, 5) is 11.1. The summed E-state index contributed by atoms with van der Waals surface area (Å²) in [6.45, 7) is 2.44. The number of carbonyl (C=O) groups excluding carboxylic acids is 1. The Kier molecular flexibility index (Phi) is 8.25. The van der Waals surface area contributed by atoms with Gasteiger partial charge < -0.3 is 4.74 Å². The molecule has 0 aromatic rings. The van der Waals surface area contributed by atoms with E-state index in [0.717, 1.165) is 0 Å². The van der Waals surface area contributed by atoms with Crippen molar-refractivity contribution in [3.63, 3.8) is 0 Å². The Morgan fingerprint density at radius 3 is 2.50 bits per heavy atom. The van der Waals surface area contributed by atoms with Crippen molar-refractivity contribution in [3.8, 4) is 0 Å². The van der Waals surface area contributed by atoms with Crippen LogP contribution in [0.5, 0.6) is 0 Å². The van der Waals surface area contributed by atoms with Crippen LogP contribution < -0.4 is 5.32 Å². The molecule has 0 spiro atoms. The van der Waals surface area contributed by atoms with Crippen LogP contribution in [0.2, 0.25) is 0 Å². The van der Waals surface area contributed by atoms with E-state index in [2.05, 4.69) is 5.32 Å². The van der Waals surface area contributed by atoms with Crippen molar-refractivity contribution in [1.82, 2.24) is 5.32 Å². The van der Waals surface area contributed by atoms with Crippen LogP contribution >= 0.6 is 30.9 Å². The zero-order valence-corrected chi connectivity index (χ0v) is 11.9. The van der Waals surface area contributed by atoms with Gasteiger partial charge in [0.05, 0.1) is 13.2 Å². The smallest absolute Gasteiger partial charge is 0.320 e. The molecule has 0 saturated carbocycles. The van der Waals surface area contributed by atoms with Gasteiger partial charge in [0, 0.05) is 0 Å². The third-order valence-corrected chi connectivity index (χ3v) is 7.89. The summed E-state index contributed by atoms with van der Waals surface area (Å²) < 4.78 is 4.60. The molecule has 0 amide bonds. The predicted octanol–water partition coefficient (Wildman–Crippen LogP) is 1.62. The third-order valence-electron chi connectivity index (χ3n) is 1.48. The molecular formula is C7H15NO2PS3+. The summed E-state index contributed by atoms with van der Waals surface area (Å²) in [5.74, 6) is -0.228. The minimum atomic E-state index is -0.228. The zero-order valence-electron chi connectivity index (χ0n) is 8.46. The van der Waals surface area contributed by atoms with E-state index >= 15 is 0 Å². The monoisotopic (exact) mass is 272 g/mol. The second-order valence-corrected chi connectivity index (χ2v) is 6.88.